The molecule has 0 spiro atoms. The van der Waals surface area contributed by atoms with Crippen LogP contribution in [0.15, 0.2) is 36.7 Å². The Kier molecular flexibility index (Phi) is 3.42. The van der Waals surface area contributed by atoms with Gasteiger partial charge in [-0.3, -0.25) is 4.79 Å². The summed E-state index contributed by atoms with van der Waals surface area (Å²) in [6, 6.07) is 6.18. The van der Waals surface area contributed by atoms with Gasteiger partial charge in [0.15, 0.2) is 11.6 Å². The minimum absolute atomic E-state index is 0.0567. The molecule has 0 unspecified atom stereocenters. The molecular formula is C15H15FN2O. The number of carbonyl (C=O) groups excluding carboxylic acids is 1. The summed E-state index contributed by atoms with van der Waals surface area (Å²) >= 11 is 0. The average molecular weight is 258 g/mol. The van der Waals surface area contributed by atoms with Crippen LogP contribution in [0.4, 0.5) is 4.39 Å². The lowest BCUT2D eigenvalue weighted by Crippen LogP contribution is -2.22. The summed E-state index contributed by atoms with van der Waals surface area (Å²) in [6.45, 7) is 5.28. The van der Waals surface area contributed by atoms with Crippen LogP contribution in [-0.2, 0) is 0 Å². The Labute approximate surface area is 111 Å². The second-order valence-electron chi connectivity index (χ2n) is 5.31. The highest BCUT2D eigenvalue weighted by molar-refractivity contribution is 6.04. The zero-order valence-corrected chi connectivity index (χ0v) is 11.1. The molecule has 1 heterocycles. The van der Waals surface area contributed by atoms with Crippen molar-refractivity contribution in [2.24, 2.45) is 5.41 Å². The Bertz CT molecular complexity index is 603. The van der Waals surface area contributed by atoms with Gasteiger partial charge in [-0.2, -0.15) is 0 Å². The molecular weight excluding hydrogens is 243 g/mol. The fraction of sp³-hybridized carbons (Fsp3) is 0.267. The predicted molar refractivity (Wildman–Crippen MR) is 71.2 cm³/mol. The molecule has 0 atom stereocenters. The van der Waals surface area contributed by atoms with Gasteiger partial charge in [0.2, 0.25) is 0 Å². The van der Waals surface area contributed by atoms with Crippen LogP contribution in [0.25, 0.3) is 11.4 Å². The maximum Gasteiger partial charge on any atom is 0.171 e. The van der Waals surface area contributed by atoms with Gasteiger partial charge in [0, 0.05) is 23.4 Å². The monoisotopic (exact) mass is 258 g/mol. The van der Waals surface area contributed by atoms with Crippen LogP contribution in [0.1, 0.15) is 31.1 Å². The number of aromatic nitrogens is 2. The standard InChI is InChI=1S/C15H15FN2O/c1-15(2,3)13(19)12-10(6-4-7-11(12)16)14-17-8-5-9-18-14/h4-9H,1-3H3. The Hall–Kier alpha value is -2.10. The number of rotatable bonds is 2. The van der Waals surface area contributed by atoms with Crippen LogP contribution in [0.3, 0.4) is 0 Å². The lowest BCUT2D eigenvalue weighted by atomic mass is 9.84. The highest BCUT2D eigenvalue weighted by atomic mass is 19.1. The Balaban J connectivity index is 2.64. The van der Waals surface area contributed by atoms with Crippen molar-refractivity contribution in [1.82, 2.24) is 9.97 Å². The zero-order chi connectivity index (χ0) is 14.0. The van der Waals surface area contributed by atoms with Crippen LogP contribution in [0, 0.1) is 11.2 Å². The van der Waals surface area contributed by atoms with Gasteiger partial charge in [0.05, 0.1) is 5.56 Å². The average Bonchev–Trinajstić information content (AvgIpc) is 2.37. The summed E-state index contributed by atoms with van der Waals surface area (Å²) in [4.78, 5) is 20.6. The molecule has 0 aliphatic rings. The van der Waals surface area contributed by atoms with Gasteiger partial charge in [-0.25, -0.2) is 14.4 Å². The normalized spacial score (nSPS) is 11.4. The molecule has 0 radical (unpaired) electrons. The molecule has 2 rings (SSSR count). The maximum absolute atomic E-state index is 14.0. The summed E-state index contributed by atoms with van der Waals surface area (Å²) in [5, 5.41) is 0. The van der Waals surface area contributed by atoms with E-state index in [1.54, 1.807) is 51.4 Å². The number of Topliss-reactive ketones (excluding diaryl/α,β-unsaturated/α-hetero) is 1. The molecule has 0 fully saturated rings. The van der Waals surface area contributed by atoms with E-state index in [0.29, 0.717) is 11.4 Å². The van der Waals surface area contributed by atoms with E-state index < -0.39 is 11.2 Å². The molecule has 0 saturated heterocycles. The molecule has 0 N–H and O–H groups in total. The van der Waals surface area contributed by atoms with Crippen molar-refractivity contribution in [1.29, 1.82) is 0 Å². The number of nitrogens with zero attached hydrogens (tertiary/aromatic N) is 2. The third-order valence-corrected chi connectivity index (χ3v) is 2.73. The minimum Gasteiger partial charge on any atom is -0.293 e. The largest absolute Gasteiger partial charge is 0.293 e. The number of hydrogen-bond acceptors (Lipinski definition) is 3. The second kappa shape index (κ2) is 4.88. The topological polar surface area (TPSA) is 42.9 Å². The lowest BCUT2D eigenvalue weighted by Gasteiger charge is -2.19. The van der Waals surface area contributed by atoms with Crippen LogP contribution >= 0.6 is 0 Å². The molecule has 4 heteroatoms. The molecule has 19 heavy (non-hydrogen) atoms. The second-order valence-corrected chi connectivity index (χ2v) is 5.31. The Morgan fingerprint density at radius 3 is 2.32 bits per heavy atom. The molecule has 2 aromatic rings. The first kappa shape index (κ1) is 13.3. The summed E-state index contributed by atoms with van der Waals surface area (Å²) < 4.78 is 14.0. The fourth-order valence-corrected chi connectivity index (χ4v) is 1.75. The fourth-order valence-electron chi connectivity index (χ4n) is 1.75. The number of ketones is 1. The first-order valence-corrected chi connectivity index (χ1v) is 6.02. The first-order valence-electron chi connectivity index (χ1n) is 6.02. The maximum atomic E-state index is 14.0. The number of carbonyl (C=O) groups is 1. The van der Waals surface area contributed by atoms with Gasteiger partial charge in [-0.05, 0) is 12.1 Å². The van der Waals surface area contributed by atoms with Crippen molar-refractivity contribution in [3.8, 4) is 11.4 Å². The van der Waals surface area contributed by atoms with E-state index in [1.807, 2.05) is 0 Å². The summed E-state index contributed by atoms with van der Waals surface area (Å²) in [6.07, 6.45) is 3.14. The zero-order valence-electron chi connectivity index (χ0n) is 11.1. The molecule has 1 aromatic carbocycles. The van der Waals surface area contributed by atoms with E-state index >= 15 is 0 Å². The summed E-state index contributed by atoms with van der Waals surface area (Å²) in [5.74, 6) is -0.437. The van der Waals surface area contributed by atoms with Gasteiger partial charge in [0.25, 0.3) is 0 Å². The quantitative estimate of drug-likeness (QED) is 0.774. The van der Waals surface area contributed by atoms with E-state index in [1.165, 1.54) is 6.07 Å². The van der Waals surface area contributed by atoms with E-state index in [-0.39, 0.29) is 11.3 Å². The van der Waals surface area contributed by atoms with E-state index in [9.17, 15) is 9.18 Å². The Morgan fingerprint density at radius 2 is 1.74 bits per heavy atom. The van der Waals surface area contributed by atoms with Gasteiger partial charge < -0.3 is 0 Å². The highest BCUT2D eigenvalue weighted by Crippen LogP contribution is 2.29. The van der Waals surface area contributed by atoms with E-state index in [2.05, 4.69) is 9.97 Å². The molecule has 0 aliphatic heterocycles. The Morgan fingerprint density at radius 1 is 1.11 bits per heavy atom. The van der Waals surface area contributed by atoms with Crippen LogP contribution < -0.4 is 0 Å². The lowest BCUT2D eigenvalue weighted by molar-refractivity contribution is 0.0854. The number of halogens is 1. The third kappa shape index (κ3) is 2.67. The first-order chi connectivity index (χ1) is 8.91. The van der Waals surface area contributed by atoms with Crippen molar-refractivity contribution in [2.75, 3.05) is 0 Å². The smallest absolute Gasteiger partial charge is 0.171 e. The van der Waals surface area contributed by atoms with Crippen molar-refractivity contribution < 1.29 is 9.18 Å². The number of hydrogen-bond donors (Lipinski definition) is 0. The van der Waals surface area contributed by atoms with Gasteiger partial charge in [0.1, 0.15) is 5.82 Å². The van der Waals surface area contributed by atoms with Crippen molar-refractivity contribution in [3.05, 3.63) is 48.0 Å². The van der Waals surface area contributed by atoms with Gasteiger partial charge in [-0.1, -0.05) is 32.9 Å². The third-order valence-electron chi connectivity index (χ3n) is 2.73. The van der Waals surface area contributed by atoms with Crippen LogP contribution in [0.5, 0.6) is 0 Å². The predicted octanol–water partition coefficient (Wildman–Crippen LogP) is 3.51. The minimum atomic E-state index is -0.661. The van der Waals surface area contributed by atoms with Crippen LogP contribution in [-0.4, -0.2) is 15.8 Å². The molecule has 0 amide bonds. The van der Waals surface area contributed by atoms with Crippen molar-refractivity contribution >= 4 is 5.78 Å². The van der Waals surface area contributed by atoms with Crippen LogP contribution in [0.2, 0.25) is 0 Å². The molecule has 98 valence electrons. The molecule has 0 aliphatic carbocycles. The van der Waals surface area contributed by atoms with Crippen molar-refractivity contribution in [3.63, 3.8) is 0 Å². The van der Waals surface area contributed by atoms with E-state index in [4.69, 9.17) is 0 Å². The SMILES string of the molecule is CC(C)(C)C(=O)c1c(F)cccc1-c1ncccn1. The van der Waals surface area contributed by atoms with Gasteiger partial charge in [-0.15, -0.1) is 0 Å². The summed E-state index contributed by atoms with van der Waals surface area (Å²) in [5.41, 5.74) is -0.173. The molecule has 3 nitrogen and oxygen atoms in total. The van der Waals surface area contributed by atoms with E-state index in [0.717, 1.165) is 0 Å². The highest BCUT2D eigenvalue weighted by Gasteiger charge is 2.28. The molecule has 0 saturated carbocycles. The van der Waals surface area contributed by atoms with Crippen molar-refractivity contribution in [2.45, 2.75) is 20.8 Å². The number of benzene rings is 1. The summed E-state index contributed by atoms with van der Waals surface area (Å²) in [7, 11) is 0. The molecule has 1 aromatic heterocycles. The van der Waals surface area contributed by atoms with Gasteiger partial charge >= 0.3 is 0 Å². The molecule has 0 bridgehead atoms.